The van der Waals surface area contributed by atoms with E-state index in [4.69, 9.17) is 12.2 Å². The number of aryl methyl sites for hydroxylation is 1. The highest BCUT2D eigenvalue weighted by atomic mass is 32.1. The number of hydrogen-bond donors (Lipinski definition) is 0. The lowest BCUT2D eigenvalue weighted by Crippen LogP contribution is -2.36. The summed E-state index contributed by atoms with van der Waals surface area (Å²) in [5.41, 5.74) is 4.06. The second-order valence-electron chi connectivity index (χ2n) is 5.78. The van der Waals surface area contributed by atoms with Crippen molar-refractivity contribution in [2.75, 3.05) is 6.54 Å². The minimum atomic E-state index is -0.0374. The quantitative estimate of drug-likeness (QED) is 0.799. The molecule has 0 radical (unpaired) electrons. The maximum absolute atomic E-state index is 12.4. The molecular weight excluding hydrogens is 270 g/mol. The van der Waals surface area contributed by atoms with E-state index >= 15 is 0 Å². The minimum absolute atomic E-state index is 0.0374. The normalized spacial score (nSPS) is 15.5. The molecule has 2 heterocycles. The van der Waals surface area contributed by atoms with Crippen LogP contribution in [0.3, 0.4) is 0 Å². The van der Waals surface area contributed by atoms with E-state index in [1.165, 1.54) is 11.4 Å². The van der Waals surface area contributed by atoms with E-state index in [1.54, 1.807) is 4.90 Å². The van der Waals surface area contributed by atoms with Crippen molar-refractivity contribution in [1.82, 2.24) is 9.47 Å². The van der Waals surface area contributed by atoms with Crippen molar-refractivity contribution in [3.05, 3.63) is 23.0 Å². The molecule has 0 saturated carbocycles. The molecule has 0 aliphatic carbocycles. The standard InChI is InChI=1S/C15H21N3OS/c1-9(2)8-18-14(19)13(16-15(18)20)7-12-6-10(3)17(5)11(12)4/h6,9H,7-8H2,1-5H3. The molecule has 0 bridgehead atoms. The van der Waals surface area contributed by atoms with Gasteiger partial charge in [-0.25, -0.2) is 4.99 Å². The zero-order chi connectivity index (χ0) is 15.0. The van der Waals surface area contributed by atoms with E-state index in [0.717, 1.165) is 5.56 Å². The predicted molar refractivity (Wildman–Crippen MR) is 85.2 cm³/mol. The highest BCUT2D eigenvalue weighted by molar-refractivity contribution is 7.80. The molecule has 2 rings (SSSR count). The van der Waals surface area contributed by atoms with Crippen LogP contribution in [-0.2, 0) is 18.3 Å². The average molecular weight is 291 g/mol. The van der Waals surface area contributed by atoms with Crippen molar-refractivity contribution in [1.29, 1.82) is 0 Å². The number of nitrogens with zero attached hydrogens (tertiary/aromatic N) is 3. The molecule has 20 heavy (non-hydrogen) atoms. The number of rotatable bonds is 4. The minimum Gasteiger partial charge on any atom is -0.352 e. The van der Waals surface area contributed by atoms with Crippen LogP contribution in [0.5, 0.6) is 0 Å². The van der Waals surface area contributed by atoms with Gasteiger partial charge in [0.15, 0.2) is 0 Å². The van der Waals surface area contributed by atoms with E-state index < -0.39 is 0 Å². The van der Waals surface area contributed by atoms with Crippen LogP contribution in [0.15, 0.2) is 11.1 Å². The first-order chi connectivity index (χ1) is 9.31. The number of aliphatic imine (C=N–C) groups is 1. The van der Waals surface area contributed by atoms with Gasteiger partial charge in [-0.3, -0.25) is 9.69 Å². The van der Waals surface area contributed by atoms with Crippen LogP contribution in [0.4, 0.5) is 0 Å². The highest BCUT2D eigenvalue weighted by Gasteiger charge is 2.31. The Hall–Kier alpha value is -1.49. The maximum atomic E-state index is 12.4. The molecule has 0 aromatic carbocycles. The molecule has 4 nitrogen and oxygen atoms in total. The van der Waals surface area contributed by atoms with E-state index in [-0.39, 0.29) is 5.91 Å². The summed E-state index contributed by atoms with van der Waals surface area (Å²) in [6, 6.07) is 2.11. The molecule has 0 saturated heterocycles. The van der Waals surface area contributed by atoms with E-state index in [9.17, 15) is 4.79 Å². The van der Waals surface area contributed by atoms with Gasteiger partial charge in [-0.1, -0.05) is 13.8 Å². The van der Waals surface area contributed by atoms with Gasteiger partial charge in [-0.15, -0.1) is 0 Å². The van der Waals surface area contributed by atoms with Gasteiger partial charge in [0.05, 0.1) is 0 Å². The Morgan fingerprint density at radius 2 is 2.00 bits per heavy atom. The molecule has 0 N–H and O–H groups in total. The summed E-state index contributed by atoms with van der Waals surface area (Å²) in [6.45, 7) is 8.89. The largest absolute Gasteiger partial charge is 0.352 e. The first-order valence-electron chi connectivity index (χ1n) is 6.86. The molecule has 0 unspecified atom stereocenters. The Labute approximate surface area is 125 Å². The van der Waals surface area contributed by atoms with Crippen molar-refractivity contribution in [3.8, 4) is 0 Å². The SMILES string of the molecule is Cc1cc(CC2=NC(=S)N(CC(C)C)C2=O)c(C)n1C. The van der Waals surface area contributed by atoms with Gasteiger partial charge in [-0.2, -0.15) is 0 Å². The highest BCUT2D eigenvalue weighted by Crippen LogP contribution is 2.18. The number of aromatic nitrogens is 1. The Balaban J connectivity index is 2.19. The van der Waals surface area contributed by atoms with Gasteiger partial charge in [0.25, 0.3) is 5.91 Å². The Morgan fingerprint density at radius 1 is 1.35 bits per heavy atom. The molecule has 0 atom stereocenters. The fraction of sp³-hybridized carbons (Fsp3) is 0.533. The molecule has 1 aliphatic rings. The second kappa shape index (κ2) is 5.48. The predicted octanol–water partition coefficient (Wildman–Crippen LogP) is 2.41. The fourth-order valence-electron chi connectivity index (χ4n) is 2.40. The second-order valence-corrected chi connectivity index (χ2v) is 6.15. The fourth-order valence-corrected chi connectivity index (χ4v) is 2.67. The molecule has 108 valence electrons. The number of hydrogen-bond acceptors (Lipinski definition) is 2. The zero-order valence-corrected chi connectivity index (χ0v) is 13.5. The van der Waals surface area contributed by atoms with Gasteiger partial charge in [0, 0.05) is 31.4 Å². The first kappa shape index (κ1) is 14.9. The third kappa shape index (κ3) is 2.68. The Kier molecular flexibility index (Phi) is 4.09. The molecule has 1 amide bonds. The first-order valence-corrected chi connectivity index (χ1v) is 7.27. The molecule has 1 aliphatic heterocycles. The van der Waals surface area contributed by atoms with Gasteiger partial charge in [0.1, 0.15) is 5.71 Å². The summed E-state index contributed by atoms with van der Waals surface area (Å²) >= 11 is 5.21. The van der Waals surface area contributed by atoms with Gasteiger partial charge >= 0.3 is 0 Å². The number of thiocarbonyl (C=S) groups is 1. The summed E-state index contributed by atoms with van der Waals surface area (Å²) in [4.78, 5) is 18.3. The molecule has 1 aromatic rings. The Morgan fingerprint density at radius 3 is 2.50 bits per heavy atom. The molecule has 0 spiro atoms. The van der Waals surface area contributed by atoms with E-state index in [2.05, 4.69) is 43.3 Å². The summed E-state index contributed by atoms with van der Waals surface area (Å²) in [5.74, 6) is 0.344. The number of carbonyl (C=O) groups is 1. The average Bonchev–Trinajstić information content (AvgIpc) is 2.75. The molecule has 1 aromatic heterocycles. The summed E-state index contributed by atoms with van der Waals surface area (Å²) in [5, 5.41) is 0.406. The van der Waals surface area contributed by atoms with Crippen LogP contribution < -0.4 is 0 Å². The lowest BCUT2D eigenvalue weighted by molar-refractivity contribution is -0.120. The lowest BCUT2D eigenvalue weighted by Gasteiger charge is -2.17. The van der Waals surface area contributed by atoms with Crippen molar-refractivity contribution < 1.29 is 4.79 Å². The topological polar surface area (TPSA) is 37.6 Å². The van der Waals surface area contributed by atoms with Crippen LogP contribution in [0.1, 0.15) is 30.8 Å². The summed E-state index contributed by atoms with van der Waals surface area (Å²) in [7, 11) is 2.03. The number of carbonyl (C=O) groups excluding carboxylic acids is 1. The van der Waals surface area contributed by atoms with Crippen LogP contribution in [0, 0.1) is 19.8 Å². The van der Waals surface area contributed by atoms with Crippen LogP contribution in [0.2, 0.25) is 0 Å². The monoisotopic (exact) mass is 291 g/mol. The van der Waals surface area contributed by atoms with Crippen LogP contribution in [0.25, 0.3) is 0 Å². The summed E-state index contributed by atoms with van der Waals surface area (Å²) in [6.07, 6.45) is 0.557. The lowest BCUT2D eigenvalue weighted by atomic mass is 10.1. The third-order valence-electron chi connectivity index (χ3n) is 3.74. The van der Waals surface area contributed by atoms with Gasteiger partial charge in [0.2, 0.25) is 5.11 Å². The Bertz CT molecular complexity index is 599. The third-order valence-corrected chi connectivity index (χ3v) is 4.05. The van der Waals surface area contributed by atoms with Crippen molar-refractivity contribution in [3.63, 3.8) is 0 Å². The summed E-state index contributed by atoms with van der Waals surface area (Å²) < 4.78 is 2.12. The van der Waals surface area contributed by atoms with Crippen LogP contribution >= 0.6 is 12.2 Å². The van der Waals surface area contributed by atoms with E-state index in [1.807, 2.05) is 7.05 Å². The smallest absolute Gasteiger partial charge is 0.274 e. The van der Waals surface area contributed by atoms with Crippen molar-refractivity contribution in [2.45, 2.75) is 34.1 Å². The molecule has 0 fully saturated rings. The van der Waals surface area contributed by atoms with E-state index in [0.29, 0.717) is 29.7 Å². The van der Waals surface area contributed by atoms with Gasteiger partial charge < -0.3 is 4.57 Å². The molecular formula is C15H21N3OS. The van der Waals surface area contributed by atoms with Crippen molar-refractivity contribution in [2.24, 2.45) is 18.0 Å². The van der Waals surface area contributed by atoms with Gasteiger partial charge in [-0.05, 0) is 43.6 Å². The maximum Gasteiger partial charge on any atom is 0.274 e. The zero-order valence-electron chi connectivity index (χ0n) is 12.7. The molecule has 5 heteroatoms. The number of amides is 1. The van der Waals surface area contributed by atoms with Crippen LogP contribution in [-0.4, -0.2) is 32.7 Å². The van der Waals surface area contributed by atoms with Crippen molar-refractivity contribution >= 4 is 28.9 Å².